The van der Waals surface area contributed by atoms with Gasteiger partial charge in [-0.05, 0) is 36.8 Å². The normalized spacial score (nSPS) is 11.4. The first-order chi connectivity index (χ1) is 11.0. The first kappa shape index (κ1) is 15.5. The van der Waals surface area contributed by atoms with E-state index >= 15 is 0 Å². The minimum absolute atomic E-state index is 0.0920. The number of hydrogen-bond acceptors (Lipinski definition) is 4. The lowest BCUT2D eigenvalue weighted by atomic mass is 10.2. The fraction of sp³-hybridized carbons (Fsp3) is 0.0667. The Balaban J connectivity index is 2.16. The second-order valence-corrected chi connectivity index (χ2v) is 5.67. The lowest BCUT2D eigenvalue weighted by molar-refractivity contribution is 0.0692. The molecule has 0 bridgehead atoms. The van der Waals surface area contributed by atoms with Gasteiger partial charge in [0.2, 0.25) is 0 Å². The molecule has 0 aliphatic heterocycles. The molecule has 0 aliphatic carbocycles. The summed E-state index contributed by atoms with van der Waals surface area (Å²) in [5, 5.41) is 18.4. The van der Waals surface area contributed by atoms with Gasteiger partial charge in [-0.3, -0.25) is 4.40 Å². The molecule has 0 atom stereocenters. The molecular formula is C15H10Cl2N4O2. The van der Waals surface area contributed by atoms with Crippen LogP contribution in [0.25, 0.3) is 5.65 Å². The second kappa shape index (κ2) is 5.98. The monoisotopic (exact) mass is 348 g/mol. The highest BCUT2D eigenvalue weighted by atomic mass is 35.5. The number of pyridine rings is 1. The number of halogens is 2. The highest BCUT2D eigenvalue weighted by Gasteiger charge is 2.18. The average Bonchev–Trinajstić information content (AvgIpc) is 2.86. The third-order valence-corrected chi connectivity index (χ3v) is 3.64. The number of carboxylic acids is 1. The van der Waals surface area contributed by atoms with Crippen molar-refractivity contribution in [2.45, 2.75) is 6.92 Å². The minimum atomic E-state index is -1.19. The number of azo groups is 1. The van der Waals surface area contributed by atoms with Crippen LogP contribution in [-0.2, 0) is 0 Å². The predicted octanol–water partition coefficient (Wildman–Crippen LogP) is 5.06. The largest absolute Gasteiger partial charge is 0.476 e. The fourth-order valence-electron chi connectivity index (χ4n) is 2.04. The number of fused-ring (bicyclic) bond motifs is 1. The van der Waals surface area contributed by atoms with E-state index in [-0.39, 0.29) is 11.5 Å². The highest BCUT2D eigenvalue weighted by molar-refractivity contribution is 6.31. The quantitative estimate of drug-likeness (QED) is 0.671. The lowest BCUT2D eigenvalue weighted by Gasteiger charge is -2.00. The SMILES string of the molecule is Cc1ccc(Cl)cc1N=Nc1c(C(=O)O)nc2ccc(Cl)cn12. The summed E-state index contributed by atoms with van der Waals surface area (Å²) in [6.07, 6.45) is 1.54. The lowest BCUT2D eigenvalue weighted by Crippen LogP contribution is -1.96. The standard InChI is InChI=1S/C15H10Cl2N4O2/c1-8-2-3-9(16)6-11(8)19-20-14-13(15(22)23)18-12-5-4-10(17)7-21(12)14/h2-7H,1H3,(H,22,23). The molecule has 0 saturated carbocycles. The van der Waals surface area contributed by atoms with Crippen LogP contribution >= 0.6 is 23.2 Å². The molecule has 23 heavy (non-hydrogen) atoms. The Kier molecular flexibility index (Phi) is 4.02. The molecule has 3 rings (SSSR count). The number of imidazole rings is 1. The van der Waals surface area contributed by atoms with Gasteiger partial charge in [0.25, 0.3) is 0 Å². The molecular weight excluding hydrogens is 339 g/mol. The van der Waals surface area contributed by atoms with Crippen molar-refractivity contribution in [3.05, 3.63) is 57.8 Å². The number of aryl methyl sites for hydroxylation is 1. The van der Waals surface area contributed by atoms with E-state index in [1.54, 1.807) is 30.3 Å². The van der Waals surface area contributed by atoms with E-state index in [9.17, 15) is 9.90 Å². The van der Waals surface area contributed by atoms with Gasteiger partial charge < -0.3 is 5.11 Å². The van der Waals surface area contributed by atoms with Crippen LogP contribution in [0.2, 0.25) is 10.0 Å². The van der Waals surface area contributed by atoms with Crippen LogP contribution in [0.15, 0.2) is 46.8 Å². The Morgan fingerprint density at radius 2 is 1.91 bits per heavy atom. The predicted molar refractivity (Wildman–Crippen MR) is 87.5 cm³/mol. The average molecular weight is 349 g/mol. The van der Waals surface area contributed by atoms with Crippen molar-refractivity contribution in [3.8, 4) is 0 Å². The van der Waals surface area contributed by atoms with Gasteiger partial charge in [0.15, 0.2) is 11.5 Å². The molecule has 0 aliphatic rings. The Bertz CT molecular complexity index is 950. The zero-order chi connectivity index (χ0) is 16.6. The Morgan fingerprint density at radius 3 is 2.65 bits per heavy atom. The van der Waals surface area contributed by atoms with Crippen molar-refractivity contribution in [1.29, 1.82) is 0 Å². The van der Waals surface area contributed by atoms with E-state index in [1.165, 1.54) is 10.6 Å². The molecule has 0 amide bonds. The molecule has 0 fully saturated rings. The molecule has 8 heteroatoms. The summed E-state index contributed by atoms with van der Waals surface area (Å²) in [6, 6.07) is 8.43. The number of benzene rings is 1. The number of carbonyl (C=O) groups is 1. The molecule has 3 aromatic rings. The van der Waals surface area contributed by atoms with Crippen molar-refractivity contribution in [2.75, 3.05) is 0 Å². The van der Waals surface area contributed by atoms with Crippen molar-refractivity contribution in [2.24, 2.45) is 10.2 Å². The zero-order valence-corrected chi connectivity index (χ0v) is 13.4. The van der Waals surface area contributed by atoms with Crippen LogP contribution in [0, 0.1) is 6.92 Å². The maximum Gasteiger partial charge on any atom is 0.358 e. The van der Waals surface area contributed by atoms with Crippen LogP contribution in [0.1, 0.15) is 16.1 Å². The smallest absolute Gasteiger partial charge is 0.358 e. The highest BCUT2D eigenvalue weighted by Crippen LogP contribution is 2.28. The van der Waals surface area contributed by atoms with Crippen LogP contribution in [0.3, 0.4) is 0 Å². The summed E-state index contributed by atoms with van der Waals surface area (Å²) in [4.78, 5) is 15.4. The van der Waals surface area contributed by atoms with Gasteiger partial charge in [0.05, 0.1) is 10.7 Å². The van der Waals surface area contributed by atoms with Crippen LogP contribution in [0.5, 0.6) is 0 Å². The van der Waals surface area contributed by atoms with Gasteiger partial charge in [0.1, 0.15) is 5.65 Å². The molecule has 0 saturated heterocycles. The third-order valence-electron chi connectivity index (χ3n) is 3.18. The van der Waals surface area contributed by atoms with E-state index in [2.05, 4.69) is 15.2 Å². The van der Waals surface area contributed by atoms with Gasteiger partial charge in [-0.15, -0.1) is 10.2 Å². The molecule has 0 unspecified atom stereocenters. The van der Waals surface area contributed by atoms with E-state index in [0.717, 1.165) is 5.56 Å². The molecule has 1 aromatic carbocycles. The number of aromatic carboxylic acids is 1. The van der Waals surface area contributed by atoms with Gasteiger partial charge in [0, 0.05) is 11.2 Å². The van der Waals surface area contributed by atoms with Gasteiger partial charge in [-0.25, -0.2) is 9.78 Å². The van der Waals surface area contributed by atoms with Crippen molar-refractivity contribution in [1.82, 2.24) is 9.38 Å². The van der Waals surface area contributed by atoms with Gasteiger partial charge in [-0.2, -0.15) is 0 Å². The summed E-state index contributed by atoms with van der Waals surface area (Å²) in [5.41, 5.74) is 1.63. The molecule has 0 radical (unpaired) electrons. The summed E-state index contributed by atoms with van der Waals surface area (Å²) in [5.74, 6) is -1.10. The van der Waals surface area contributed by atoms with Gasteiger partial charge >= 0.3 is 5.97 Å². The first-order valence-electron chi connectivity index (χ1n) is 6.54. The Morgan fingerprint density at radius 1 is 1.17 bits per heavy atom. The van der Waals surface area contributed by atoms with E-state index in [0.29, 0.717) is 21.4 Å². The molecule has 1 N–H and O–H groups in total. The molecule has 2 heterocycles. The molecule has 0 spiro atoms. The number of carboxylic acid groups (broad SMARTS) is 1. The summed E-state index contributed by atoms with van der Waals surface area (Å²) >= 11 is 11.9. The number of aromatic nitrogens is 2. The maximum absolute atomic E-state index is 11.4. The van der Waals surface area contributed by atoms with Crippen molar-refractivity contribution < 1.29 is 9.90 Å². The summed E-state index contributed by atoms with van der Waals surface area (Å²) in [7, 11) is 0. The van der Waals surface area contributed by atoms with Crippen molar-refractivity contribution >= 4 is 46.3 Å². The fourth-order valence-corrected chi connectivity index (χ4v) is 2.36. The van der Waals surface area contributed by atoms with Crippen LogP contribution < -0.4 is 0 Å². The minimum Gasteiger partial charge on any atom is -0.476 e. The molecule has 6 nitrogen and oxygen atoms in total. The van der Waals surface area contributed by atoms with Crippen LogP contribution in [0.4, 0.5) is 11.5 Å². The topological polar surface area (TPSA) is 79.3 Å². The van der Waals surface area contributed by atoms with E-state index < -0.39 is 5.97 Å². The van der Waals surface area contributed by atoms with Crippen molar-refractivity contribution in [3.63, 3.8) is 0 Å². The Hall–Kier alpha value is -2.44. The number of nitrogens with zero attached hydrogens (tertiary/aromatic N) is 4. The molecule has 116 valence electrons. The van der Waals surface area contributed by atoms with E-state index in [4.69, 9.17) is 23.2 Å². The maximum atomic E-state index is 11.4. The van der Waals surface area contributed by atoms with Crippen LogP contribution in [-0.4, -0.2) is 20.5 Å². The third kappa shape index (κ3) is 3.04. The van der Waals surface area contributed by atoms with Gasteiger partial charge in [-0.1, -0.05) is 29.3 Å². The Labute approximate surface area is 141 Å². The number of rotatable bonds is 3. The second-order valence-electron chi connectivity index (χ2n) is 4.80. The zero-order valence-electron chi connectivity index (χ0n) is 11.9. The first-order valence-corrected chi connectivity index (χ1v) is 7.30. The van der Waals surface area contributed by atoms with E-state index in [1.807, 2.05) is 6.92 Å². The number of hydrogen-bond donors (Lipinski definition) is 1. The molecule has 2 aromatic heterocycles. The summed E-state index contributed by atoms with van der Waals surface area (Å²) in [6.45, 7) is 1.86. The summed E-state index contributed by atoms with van der Waals surface area (Å²) < 4.78 is 1.48.